The van der Waals surface area contributed by atoms with Crippen molar-refractivity contribution >= 4 is 10.8 Å². The lowest BCUT2D eigenvalue weighted by atomic mass is 9.97. The molecule has 0 saturated heterocycles. The zero-order valence-corrected chi connectivity index (χ0v) is 14.4. The highest BCUT2D eigenvalue weighted by molar-refractivity contribution is 5.87. The molecule has 0 aromatic heterocycles. The van der Waals surface area contributed by atoms with Crippen LogP contribution in [0.3, 0.4) is 0 Å². The Labute approximate surface area is 145 Å². The molecule has 2 heteroatoms. The van der Waals surface area contributed by atoms with E-state index in [4.69, 9.17) is 4.74 Å². The Balaban J connectivity index is 1.68. The molecule has 2 aromatic rings. The number of fused-ring (bicyclic) bond motifs is 1. The lowest BCUT2D eigenvalue weighted by Crippen LogP contribution is -2.16. The minimum atomic E-state index is 0.540. The highest BCUT2D eigenvalue weighted by Crippen LogP contribution is 2.28. The number of nitrogens with one attached hydrogen (secondary N) is 1. The summed E-state index contributed by atoms with van der Waals surface area (Å²) >= 11 is 0. The van der Waals surface area contributed by atoms with E-state index in [9.17, 15) is 0 Å². The number of benzene rings is 2. The van der Waals surface area contributed by atoms with Gasteiger partial charge < -0.3 is 10.1 Å². The molecule has 24 heavy (non-hydrogen) atoms. The molecule has 0 fully saturated rings. The minimum Gasteiger partial charge on any atom is -0.489 e. The summed E-state index contributed by atoms with van der Waals surface area (Å²) in [5, 5.41) is 6.14. The number of hydrogen-bond donors (Lipinski definition) is 1. The number of allylic oxidation sites excluding steroid dienone is 1. The van der Waals surface area contributed by atoms with E-state index < -0.39 is 0 Å². The molecule has 1 N–H and O–H groups in total. The molecule has 0 saturated carbocycles. The van der Waals surface area contributed by atoms with E-state index in [1.165, 1.54) is 42.0 Å². The smallest absolute Gasteiger partial charge is 0.124 e. The van der Waals surface area contributed by atoms with Gasteiger partial charge in [-0.25, -0.2) is 0 Å². The molecule has 0 spiro atoms. The van der Waals surface area contributed by atoms with Crippen LogP contribution in [0.4, 0.5) is 0 Å². The first-order valence-electron chi connectivity index (χ1n) is 9.01. The Morgan fingerprint density at radius 3 is 2.88 bits per heavy atom. The van der Waals surface area contributed by atoms with Crippen LogP contribution in [0, 0.1) is 0 Å². The second-order valence-electron chi connectivity index (χ2n) is 6.40. The standard InChI is InChI=1S/C22H27NO/c1-2-16-24-22-13-12-19-10-6-7-11-20(19)21(22)17-23-15-14-18-8-4-3-5-9-18/h2,6-8,10-13,23H,1,3-5,9,14-17H2. The van der Waals surface area contributed by atoms with Crippen LogP contribution < -0.4 is 10.1 Å². The average Bonchev–Trinajstić information content (AvgIpc) is 2.65. The van der Waals surface area contributed by atoms with E-state index in [-0.39, 0.29) is 0 Å². The molecular weight excluding hydrogens is 294 g/mol. The SMILES string of the molecule is C=CCOc1ccc2ccccc2c1CNCCC1=CCCCC1. The van der Waals surface area contributed by atoms with Crippen molar-refractivity contribution in [3.63, 3.8) is 0 Å². The molecule has 3 rings (SSSR count). The zero-order valence-electron chi connectivity index (χ0n) is 14.4. The molecule has 126 valence electrons. The van der Waals surface area contributed by atoms with Crippen LogP contribution in [0.2, 0.25) is 0 Å². The van der Waals surface area contributed by atoms with Gasteiger partial charge in [-0.15, -0.1) is 0 Å². The van der Waals surface area contributed by atoms with Crippen molar-refractivity contribution in [3.8, 4) is 5.75 Å². The van der Waals surface area contributed by atoms with Crippen LogP contribution in [0.5, 0.6) is 5.75 Å². The van der Waals surface area contributed by atoms with Crippen molar-refractivity contribution in [1.29, 1.82) is 0 Å². The lowest BCUT2D eigenvalue weighted by molar-refractivity contribution is 0.358. The van der Waals surface area contributed by atoms with Gasteiger partial charge in [0, 0.05) is 12.1 Å². The van der Waals surface area contributed by atoms with Crippen molar-refractivity contribution in [2.45, 2.75) is 38.6 Å². The normalized spacial score (nSPS) is 14.4. The van der Waals surface area contributed by atoms with Crippen molar-refractivity contribution in [2.75, 3.05) is 13.2 Å². The molecule has 2 nitrogen and oxygen atoms in total. The van der Waals surface area contributed by atoms with E-state index in [0.29, 0.717) is 6.61 Å². The summed E-state index contributed by atoms with van der Waals surface area (Å²) in [7, 11) is 0. The predicted octanol–water partition coefficient (Wildman–Crippen LogP) is 5.38. The van der Waals surface area contributed by atoms with E-state index in [2.05, 4.69) is 54.4 Å². The average molecular weight is 321 g/mol. The topological polar surface area (TPSA) is 21.3 Å². The lowest BCUT2D eigenvalue weighted by Gasteiger charge is -2.16. The molecular formula is C22H27NO. The molecule has 0 unspecified atom stereocenters. The summed E-state index contributed by atoms with van der Waals surface area (Å²) < 4.78 is 5.87. The molecule has 0 aliphatic heterocycles. The van der Waals surface area contributed by atoms with E-state index in [0.717, 1.165) is 25.3 Å². The van der Waals surface area contributed by atoms with Crippen molar-refractivity contribution < 1.29 is 4.74 Å². The Bertz CT molecular complexity index is 717. The van der Waals surface area contributed by atoms with E-state index >= 15 is 0 Å². The monoisotopic (exact) mass is 321 g/mol. The highest BCUT2D eigenvalue weighted by Gasteiger charge is 2.09. The summed E-state index contributed by atoms with van der Waals surface area (Å²) in [6, 6.07) is 12.7. The third-order valence-electron chi connectivity index (χ3n) is 4.66. The fourth-order valence-corrected chi connectivity index (χ4v) is 3.38. The zero-order chi connectivity index (χ0) is 16.6. The van der Waals surface area contributed by atoms with E-state index in [1.54, 1.807) is 11.6 Å². The summed E-state index contributed by atoms with van der Waals surface area (Å²) in [5.74, 6) is 0.956. The van der Waals surface area contributed by atoms with Crippen molar-refractivity contribution in [1.82, 2.24) is 5.32 Å². The minimum absolute atomic E-state index is 0.540. The van der Waals surface area contributed by atoms with Crippen LogP contribution in [0.25, 0.3) is 10.8 Å². The first kappa shape index (κ1) is 16.8. The van der Waals surface area contributed by atoms with Crippen LogP contribution in [0.15, 0.2) is 60.7 Å². The molecule has 0 amide bonds. The Morgan fingerprint density at radius 2 is 2.04 bits per heavy atom. The number of ether oxygens (including phenoxy) is 1. The Hall–Kier alpha value is -2.06. The Morgan fingerprint density at radius 1 is 1.12 bits per heavy atom. The van der Waals surface area contributed by atoms with Gasteiger partial charge in [0.2, 0.25) is 0 Å². The first-order chi connectivity index (χ1) is 11.9. The molecule has 2 aromatic carbocycles. The predicted molar refractivity (Wildman–Crippen MR) is 103 cm³/mol. The largest absolute Gasteiger partial charge is 0.489 e. The maximum absolute atomic E-state index is 5.87. The van der Waals surface area contributed by atoms with Gasteiger partial charge in [-0.3, -0.25) is 0 Å². The van der Waals surface area contributed by atoms with Gasteiger partial charge in [-0.2, -0.15) is 0 Å². The fraction of sp³-hybridized carbons (Fsp3) is 0.364. The van der Waals surface area contributed by atoms with Crippen LogP contribution in [-0.2, 0) is 6.54 Å². The van der Waals surface area contributed by atoms with Gasteiger partial charge >= 0.3 is 0 Å². The highest BCUT2D eigenvalue weighted by atomic mass is 16.5. The first-order valence-corrected chi connectivity index (χ1v) is 9.01. The van der Waals surface area contributed by atoms with Crippen molar-refractivity contribution in [3.05, 3.63) is 66.3 Å². The molecule has 1 aliphatic rings. The number of rotatable bonds is 8. The van der Waals surface area contributed by atoms with Gasteiger partial charge in [0.05, 0.1) is 0 Å². The fourth-order valence-electron chi connectivity index (χ4n) is 3.38. The van der Waals surface area contributed by atoms with Gasteiger partial charge in [0.15, 0.2) is 0 Å². The third kappa shape index (κ3) is 4.27. The maximum Gasteiger partial charge on any atom is 0.124 e. The molecule has 0 radical (unpaired) electrons. The van der Waals surface area contributed by atoms with Crippen LogP contribution >= 0.6 is 0 Å². The summed E-state index contributed by atoms with van der Waals surface area (Å²) in [6.07, 6.45) is 10.6. The van der Waals surface area contributed by atoms with Gasteiger partial charge in [0.1, 0.15) is 12.4 Å². The summed E-state index contributed by atoms with van der Waals surface area (Å²) in [4.78, 5) is 0. The molecule has 0 bridgehead atoms. The second-order valence-corrected chi connectivity index (χ2v) is 6.40. The second kappa shape index (κ2) is 8.70. The van der Waals surface area contributed by atoms with Crippen LogP contribution in [-0.4, -0.2) is 13.2 Å². The molecule has 1 aliphatic carbocycles. The third-order valence-corrected chi connectivity index (χ3v) is 4.66. The molecule has 0 heterocycles. The number of hydrogen-bond acceptors (Lipinski definition) is 2. The summed E-state index contributed by atoms with van der Waals surface area (Å²) in [6.45, 7) is 6.15. The van der Waals surface area contributed by atoms with Crippen LogP contribution in [0.1, 0.15) is 37.7 Å². The summed E-state index contributed by atoms with van der Waals surface area (Å²) in [5.41, 5.74) is 2.86. The maximum atomic E-state index is 5.87. The quantitative estimate of drug-likeness (QED) is 0.520. The van der Waals surface area contributed by atoms with E-state index in [1.807, 2.05) is 0 Å². The molecule has 0 atom stereocenters. The van der Waals surface area contributed by atoms with Gasteiger partial charge in [-0.05, 0) is 55.5 Å². The Kier molecular flexibility index (Phi) is 6.08. The van der Waals surface area contributed by atoms with Gasteiger partial charge in [-0.1, -0.05) is 54.6 Å². The van der Waals surface area contributed by atoms with Crippen molar-refractivity contribution in [2.24, 2.45) is 0 Å². The van der Waals surface area contributed by atoms with Gasteiger partial charge in [0.25, 0.3) is 0 Å².